The second-order valence-corrected chi connectivity index (χ2v) is 5.67. The molecule has 7 heteroatoms. The average molecular weight is 351 g/mol. The molecule has 0 atom stereocenters. The maximum absolute atomic E-state index is 6.25. The summed E-state index contributed by atoms with van der Waals surface area (Å²) in [5.41, 5.74) is 9.43. The number of benzene rings is 2. The Morgan fingerprint density at radius 1 is 0.923 bits per heavy atom. The number of methoxy groups -OCH3 is 2. The van der Waals surface area contributed by atoms with Crippen molar-refractivity contribution in [3.8, 4) is 11.5 Å². The molecule has 0 spiro atoms. The fourth-order valence-corrected chi connectivity index (χ4v) is 2.48. The Hall–Kier alpha value is -3.48. The number of hydrogen-bond acceptors (Lipinski definition) is 7. The van der Waals surface area contributed by atoms with E-state index in [9.17, 15) is 0 Å². The Kier molecular flexibility index (Phi) is 5.07. The van der Waals surface area contributed by atoms with Crippen LogP contribution in [0.15, 0.2) is 48.8 Å². The summed E-state index contributed by atoms with van der Waals surface area (Å²) in [4.78, 5) is 8.47. The number of nitrogens with zero attached hydrogens (tertiary/aromatic N) is 2. The van der Waals surface area contributed by atoms with Gasteiger partial charge in [0.05, 0.1) is 19.9 Å². The minimum Gasteiger partial charge on any atom is -0.497 e. The molecule has 7 nitrogen and oxygen atoms in total. The lowest BCUT2D eigenvalue weighted by atomic mass is 10.2. The van der Waals surface area contributed by atoms with E-state index in [0.717, 1.165) is 16.9 Å². The molecule has 26 heavy (non-hydrogen) atoms. The molecule has 1 heterocycles. The van der Waals surface area contributed by atoms with Gasteiger partial charge in [0.2, 0.25) is 0 Å². The van der Waals surface area contributed by atoms with Crippen LogP contribution in [0.2, 0.25) is 0 Å². The highest BCUT2D eigenvalue weighted by Crippen LogP contribution is 2.34. The van der Waals surface area contributed by atoms with Crippen molar-refractivity contribution in [3.05, 3.63) is 54.4 Å². The number of nitrogens with two attached hydrogens (primary N) is 1. The maximum atomic E-state index is 6.25. The summed E-state index contributed by atoms with van der Waals surface area (Å²) in [6, 6.07) is 13.4. The molecule has 0 unspecified atom stereocenters. The number of nitrogen functional groups attached to an aromatic ring is 1. The standard InChI is InChI=1S/C19H21N5O2/c1-12-5-4-6-13(9-12)23-18-17(20)19(22-11-21-18)24-15-8-7-14(25-2)10-16(15)26-3/h4-11H,20H2,1-3H3,(H2,21,22,23,24). The SMILES string of the molecule is COc1ccc(Nc2ncnc(Nc3cccc(C)c3)c2N)c(OC)c1. The van der Waals surface area contributed by atoms with Crippen LogP contribution < -0.4 is 25.8 Å². The second-order valence-electron chi connectivity index (χ2n) is 5.67. The first kappa shape index (κ1) is 17.3. The van der Waals surface area contributed by atoms with Crippen molar-refractivity contribution in [2.75, 3.05) is 30.6 Å². The van der Waals surface area contributed by atoms with Gasteiger partial charge in [0.25, 0.3) is 0 Å². The summed E-state index contributed by atoms with van der Waals surface area (Å²) in [6.45, 7) is 2.03. The molecular formula is C19H21N5O2. The van der Waals surface area contributed by atoms with Gasteiger partial charge in [-0.15, -0.1) is 0 Å². The summed E-state index contributed by atoms with van der Waals surface area (Å²) >= 11 is 0. The number of rotatable bonds is 6. The first-order valence-electron chi connectivity index (χ1n) is 8.04. The minimum absolute atomic E-state index is 0.409. The monoisotopic (exact) mass is 351 g/mol. The highest BCUT2D eigenvalue weighted by atomic mass is 16.5. The summed E-state index contributed by atoms with van der Waals surface area (Å²) < 4.78 is 10.6. The van der Waals surface area contributed by atoms with E-state index in [1.807, 2.05) is 43.3 Å². The Balaban J connectivity index is 1.88. The van der Waals surface area contributed by atoms with Gasteiger partial charge < -0.3 is 25.8 Å². The zero-order valence-electron chi connectivity index (χ0n) is 14.9. The van der Waals surface area contributed by atoms with Gasteiger partial charge in [-0.05, 0) is 36.8 Å². The van der Waals surface area contributed by atoms with Crippen molar-refractivity contribution in [2.45, 2.75) is 6.92 Å². The van der Waals surface area contributed by atoms with Crippen LogP contribution in [0.25, 0.3) is 0 Å². The molecule has 0 saturated heterocycles. The topological polar surface area (TPSA) is 94.3 Å². The Morgan fingerprint density at radius 2 is 1.69 bits per heavy atom. The Morgan fingerprint density at radius 3 is 2.38 bits per heavy atom. The molecule has 0 aliphatic rings. The van der Waals surface area contributed by atoms with E-state index >= 15 is 0 Å². The van der Waals surface area contributed by atoms with E-state index in [0.29, 0.717) is 28.8 Å². The normalized spacial score (nSPS) is 10.3. The van der Waals surface area contributed by atoms with Crippen LogP contribution in [0.1, 0.15) is 5.56 Å². The molecule has 0 amide bonds. The Labute approximate surface area is 152 Å². The minimum atomic E-state index is 0.409. The van der Waals surface area contributed by atoms with Crippen molar-refractivity contribution in [3.63, 3.8) is 0 Å². The van der Waals surface area contributed by atoms with Crippen LogP contribution in [0.5, 0.6) is 11.5 Å². The fraction of sp³-hybridized carbons (Fsp3) is 0.158. The van der Waals surface area contributed by atoms with Crippen LogP contribution >= 0.6 is 0 Å². The van der Waals surface area contributed by atoms with Gasteiger partial charge in [-0.2, -0.15) is 0 Å². The fourth-order valence-electron chi connectivity index (χ4n) is 2.48. The molecule has 4 N–H and O–H groups in total. The van der Waals surface area contributed by atoms with Crippen molar-refractivity contribution in [1.82, 2.24) is 9.97 Å². The zero-order chi connectivity index (χ0) is 18.5. The smallest absolute Gasteiger partial charge is 0.159 e. The third kappa shape index (κ3) is 3.77. The molecule has 3 aromatic rings. The van der Waals surface area contributed by atoms with Crippen LogP contribution in [-0.2, 0) is 0 Å². The Bertz CT molecular complexity index is 914. The van der Waals surface area contributed by atoms with E-state index in [4.69, 9.17) is 15.2 Å². The van der Waals surface area contributed by atoms with Crippen LogP contribution in [0.4, 0.5) is 28.7 Å². The largest absolute Gasteiger partial charge is 0.497 e. The molecule has 2 aromatic carbocycles. The van der Waals surface area contributed by atoms with E-state index in [1.165, 1.54) is 6.33 Å². The molecule has 134 valence electrons. The van der Waals surface area contributed by atoms with Crippen molar-refractivity contribution in [2.24, 2.45) is 0 Å². The van der Waals surface area contributed by atoms with Gasteiger partial charge in [-0.1, -0.05) is 12.1 Å². The summed E-state index contributed by atoms with van der Waals surface area (Å²) in [5.74, 6) is 2.33. The van der Waals surface area contributed by atoms with Crippen LogP contribution in [-0.4, -0.2) is 24.2 Å². The predicted octanol–water partition coefficient (Wildman–Crippen LogP) is 3.87. The first-order valence-corrected chi connectivity index (χ1v) is 8.04. The van der Waals surface area contributed by atoms with Crippen molar-refractivity contribution >= 4 is 28.7 Å². The third-order valence-electron chi connectivity index (χ3n) is 3.83. The highest BCUT2D eigenvalue weighted by molar-refractivity contribution is 5.81. The van der Waals surface area contributed by atoms with Crippen molar-refractivity contribution < 1.29 is 9.47 Å². The number of hydrogen-bond donors (Lipinski definition) is 3. The quantitative estimate of drug-likeness (QED) is 0.620. The van der Waals surface area contributed by atoms with E-state index in [1.54, 1.807) is 20.3 Å². The molecule has 0 aliphatic heterocycles. The van der Waals surface area contributed by atoms with Gasteiger partial charge in [0, 0.05) is 11.8 Å². The van der Waals surface area contributed by atoms with Crippen LogP contribution in [0.3, 0.4) is 0 Å². The number of aromatic nitrogens is 2. The number of nitrogens with one attached hydrogen (secondary N) is 2. The third-order valence-corrected chi connectivity index (χ3v) is 3.83. The highest BCUT2D eigenvalue weighted by Gasteiger charge is 2.12. The number of anilines is 5. The molecule has 3 rings (SSSR count). The molecule has 1 aromatic heterocycles. The first-order chi connectivity index (χ1) is 12.6. The lowest BCUT2D eigenvalue weighted by molar-refractivity contribution is 0.395. The summed E-state index contributed by atoms with van der Waals surface area (Å²) in [7, 11) is 3.20. The van der Waals surface area contributed by atoms with Gasteiger partial charge in [0.1, 0.15) is 23.5 Å². The van der Waals surface area contributed by atoms with Gasteiger partial charge in [-0.25, -0.2) is 9.97 Å². The molecule has 0 saturated carbocycles. The lowest BCUT2D eigenvalue weighted by Gasteiger charge is -2.15. The van der Waals surface area contributed by atoms with Gasteiger partial charge in [-0.3, -0.25) is 0 Å². The molecule has 0 fully saturated rings. The van der Waals surface area contributed by atoms with E-state index in [2.05, 4.69) is 20.6 Å². The second kappa shape index (κ2) is 7.60. The summed E-state index contributed by atoms with van der Waals surface area (Å²) in [6.07, 6.45) is 1.45. The lowest BCUT2D eigenvalue weighted by Crippen LogP contribution is -2.06. The molecular weight excluding hydrogens is 330 g/mol. The number of ether oxygens (including phenoxy) is 2. The average Bonchev–Trinajstić information content (AvgIpc) is 2.65. The molecule has 0 aliphatic carbocycles. The summed E-state index contributed by atoms with van der Waals surface area (Å²) in [5, 5.41) is 6.40. The van der Waals surface area contributed by atoms with E-state index in [-0.39, 0.29) is 0 Å². The maximum Gasteiger partial charge on any atom is 0.159 e. The molecule has 0 radical (unpaired) electrons. The molecule has 0 bridgehead atoms. The number of aryl methyl sites for hydroxylation is 1. The van der Waals surface area contributed by atoms with Gasteiger partial charge >= 0.3 is 0 Å². The van der Waals surface area contributed by atoms with E-state index < -0.39 is 0 Å². The van der Waals surface area contributed by atoms with Crippen molar-refractivity contribution in [1.29, 1.82) is 0 Å². The zero-order valence-corrected chi connectivity index (χ0v) is 14.9. The van der Waals surface area contributed by atoms with Gasteiger partial charge in [0.15, 0.2) is 11.6 Å². The predicted molar refractivity (Wildman–Crippen MR) is 104 cm³/mol. The van der Waals surface area contributed by atoms with Crippen LogP contribution in [0, 0.1) is 6.92 Å².